The van der Waals surface area contributed by atoms with Crippen LogP contribution in [0.2, 0.25) is 0 Å². The fourth-order valence-corrected chi connectivity index (χ4v) is 6.31. The zero-order valence-electron chi connectivity index (χ0n) is 20.6. The first-order valence-electron chi connectivity index (χ1n) is 11.6. The molecule has 1 saturated heterocycles. The third kappa shape index (κ3) is 6.54. The summed E-state index contributed by atoms with van der Waals surface area (Å²) in [4.78, 5) is 1.93. The molecule has 1 fully saturated rings. The summed E-state index contributed by atoms with van der Waals surface area (Å²) >= 11 is 3.21. The zero-order valence-corrected chi connectivity index (χ0v) is 23.0. The Morgan fingerprint density at radius 2 is 1.68 bits per heavy atom. The number of benzene rings is 3. The number of nitrogens with one attached hydrogen (secondary N) is 1. The molecule has 3 aromatic carbocycles. The minimum Gasteiger partial charge on any atom is -0.493 e. The van der Waals surface area contributed by atoms with Gasteiger partial charge in [0, 0.05) is 36.2 Å². The SMILES string of the molecule is COc1cc(Br)c(S(=O)(=O)Nc2ccc(C(F)(F)F)c(OC3CCN(Cc4ccccc4)C3)c2)cc1OC. The minimum atomic E-state index is -4.68. The minimum absolute atomic E-state index is 0.0752. The molecule has 7 nitrogen and oxygen atoms in total. The van der Waals surface area contributed by atoms with Crippen molar-refractivity contribution >= 4 is 31.6 Å². The predicted molar refractivity (Wildman–Crippen MR) is 140 cm³/mol. The quantitative estimate of drug-likeness (QED) is 0.321. The molecule has 0 saturated carbocycles. The second kappa shape index (κ2) is 11.4. The monoisotopic (exact) mass is 614 g/mol. The van der Waals surface area contributed by atoms with Crippen LogP contribution in [0.4, 0.5) is 18.9 Å². The van der Waals surface area contributed by atoms with Crippen LogP contribution in [-0.2, 0) is 22.7 Å². The van der Waals surface area contributed by atoms with Gasteiger partial charge in [-0.15, -0.1) is 0 Å². The van der Waals surface area contributed by atoms with Crippen molar-refractivity contribution in [2.45, 2.75) is 30.1 Å². The van der Waals surface area contributed by atoms with Gasteiger partial charge in [0.05, 0.1) is 25.5 Å². The van der Waals surface area contributed by atoms with Crippen LogP contribution in [0.5, 0.6) is 17.2 Å². The van der Waals surface area contributed by atoms with E-state index < -0.39 is 33.6 Å². The topological polar surface area (TPSA) is 77.1 Å². The summed E-state index contributed by atoms with van der Waals surface area (Å²) in [7, 11) is -1.45. The van der Waals surface area contributed by atoms with E-state index in [4.69, 9.17) is 14.2 Å². The summed E-state index contributed by atoms with van der Waals surface area (Å²) in [6, 6.07) is 15.4. The number of nitrogens with zero attached hydrogens (tertiary/aromatic N) is 1. The number of methoxy groups -OCH3 is 2. The van der Waals surface area contributed by atoms with Crippen LogP contribution in [-0.4, -0.2) is 46.7 Å². The van der Waals surface area contributed by atoms with Gasteiger partial charge in [0.2, 0.25) is 0 Å². The van der Waals surface area contributed by atoms with E-state index in [-0.39, 0.29) is 20.8 Å². The van der Waals surface area contributed by atoms with Crippen LogP contribution < -0.4 is 18.9 Å². The van der Waals surface area contributed by atoms with Gasteiger partial charge >= 0.3 is 6.18 Å². The molecule has 4 rings (SSSR count). The van der Waals surface area contributed by atoms with E-state index in [0.717, 1.165) is 23.8 Å². The highest BCUT2D eigenvalue weighted by Crippen LogP contribution is 2.40. The molecule has 1 unspecified atom stereocenters. The number of ether oxygens (including phenoxy) is 3. The molecule has 1 N–H and O–H groups in total. The lowest BCUT2D eigenvalue weighted by Crippen LogP contribution is -2.25. The van der Waals surface area contributed by atoms with Crippen molar-refractivity contribution in [3.63, 3.8) is 0 Å². The number of alkyl halides is 3. The fourth-order valence-electron chi connectivity index (χ4n) is 4.23. The number of anilines is 1. The standard InChI is InChI=1S/C26H26BrF3N2O5S/c1-35-23-13-21(27)25(14-24(23)36-2)38(33,34)31-18-8-9-20(26(28,29)30)22(12-18)37-19-10-11-32(16-19)15-17-6-4-3-5-7-17/h3-9,12-14,19,31H,10-11,15-16H2,1-2H3. The van der Waals surface area contributed by atoms with Crippen molar-refractivity contribution in [2.75, 3.05) is 32.0 Å². The summed E-state index contributed by atoms with van der Waals surface area (Å²) in [6.07, 6.45) is -4.62. The average Bonchev–Trinajstić information content (AvgIpc) is 3.29. The molecular formula is C26H26BrF3N2O5S. The summed E-state index contributed by atoms with van der Waals surface area (Å²) in [5.74, 6) is 0.0471. The van der Waals surface area contributed by atoms with Gasteiger partial charge in [0.1, 0.15) is 16.7 Å². The Labute approximate surface area is 227 Å². The fraction of sp³-hybridized carbons (Fsp3) is 0.308. The van der Waals surface area contributed by atoms with Gasteiger partial charge in [-0.2, -0.15) is 13.2 Å². The van der Waals surface area contributed by atoms with Crippen LogP contribution in [0, 0.1) is 0 Å². The Morgan fingerprint density at radius 1 is 1.00 bits per heavy atom. The van der Waals surface area contributed by atoms with Crippen molar-refractivity contribution in [1.29, 1.82) is 0 Å². The Hall–Kier alpha value is -2.96. The van der Waals surface area contributed by atoms with Crippen molar-refractivity contribution < 1.29 is 35.8 Å². The van der Waals surface area contributed by atoms with Crippen LogP contribution in [0.25, 0.3) is 0 Å². The Balaban J connectivity index is 1.56. The van der Waals surface area contributed by atoms with Crippen molar-refractivity contribution in [3.05, 3.63) is 76.3 Å². The lowest BCUT2D eigenvalue weighted by atomic mass is 10.1. The van der Waals surface area contributed by atoms with Crippen molar-refractivity contribution in [3.8, 4) is 17.2 Å². The predicted octanol–water partition coefficient (Wildman–Crippen LogP) is 5.94. The summed E-state index contributed by atoms with van der Waals surface area (Å²) < 4.78 is 86.3. The van der Waals surface area contributed by atoms with E-state index in [1.807, 2.05) is 30.3 Å². The van der Waals surface area contributed by atoms with E-state index in [0.29, 0.717) is 31.8 Å². The maximum absolute atomic E-state index is 13.8. The highest BCUT2D eigenvalue weighted by atomic mass is 79.9. The molecule has 1 aliphatic rings. The molecule has 0 radical (unpaired) electrons. The second-order valence-electron chi connectivity index (χ2n) is 8.70. The number of rotatable bonds is 9. The van der Waals surface area contributed by atoms with Gasteiger partial charge in [-0.1, -0.05) is 30.3 Å². The van der Waals surface area contributed by atoms with Crippen LogP contribution in [0.15, 0.2) is 70.0 Å². The first kappa shape index (κ1) is 28.1. The molecule has 3 aromatic rings. The third-order valence-corrected chi connectivity index (χ3v) is 8.38. The van der Waals surface area contributed by atoms with Gasteiger partial charge in [-0.3, -0.25) is 9.62 Å². The number of sulfonamides is 1. The lowest BCUT2D eigenvalue weighted by molar-refractivity contribution is -0.139. The van der Waals surface area contributed by atoms with E-state index in [1.165, 1.54) is 26.4 Å². The maximum atomic E-state index is 13.8. The zero-order chi connectivity index (χ0) is 27.5. The third-order valence-electron chi connectivity index (χ3n) is 6.04. The van der Waals surface area contributed by atoms with Gasteiger partial charge in [0.15, 0.2) is 11.5 Å². The summed E-state index contributed by atoms with van der Waals surface area (Å²) in [5.41, 5.74) is 0.0462. The number of hydrogen-bond donors (Lipinski definition) is 1. The average molecular weight is 615 g/mol. The molecule has 1 aliphatic heterocycles. The molecule has 204 valence electrons. The largest absolute Gasteiger partial charge is 0.493 e. The molecule has 0 bridgehead atoms. The summed E-state index contributed by atoms with van der Waals surface area (Å²) in [6.45, 7) is 1.77. The Bertz CT molecular complexity index is 1390. The van der Waals surface area contributed by atoms with Gasteiger partial charge in [-0.05, 0) is 46.1 Å². The summed E-state index contributed by atoms with van der Waals surface area (Å²) in [5, 5.41) is 0. The molecular weight excluding hydrogens is 589 g/mol. The molecule has 1 heterocycles. The second-order valence-corrected chi connectivity index (χ2v) is 11.2. The molecule has 38 heavy (non-hydrogen) atoms. The van der Waals surface area contributed by atoms with Gasteiger partial charge in [-0.25, -0.2) is 8.42 Å². The highest BCUT2D eigenvalue weighted by molar-refractivity contribution is 9.10. The van der Waals surface area contributed by atoms with E-state index in [2.05, 4.69) is 25.6 Å². The van der Waals surface area contributed by atoms with E-state index in [1.54, 1.807) is 0 Å². The Morgan fingerprint density at radius 3 is 2.34 bits per heavy atom. The normalized spacial score (nSPS) is 16.3. The van der Waals surface area contributed by atoms with Crippen LogP contribution in [0.1, 0.15) is 17.5 Å². The van der Waals surface area contributed by atoms with Gasteiger partial charge < -0.3 is 14.2 Å². The van der Waals surface area contributed by atoms with E-state index in [9.17, 15) is 21.6 Å². The van der Waals surface area contributed by atoms with Crippen molar-refractivity contribution in [1.82, 2.24) is 4.90 Å². The molecule has 0 spiro atoms. The van der Waals surface area contributed by atoms with Crippen molar-refractivity contribution in [2.24, 2.45) is 0 Å². The maximum Gasteiger partial charge on any atom is 0.419 e. The number of likely N-dealkylation sites (tertiary alicyclic amines) is 1. The Kier molecular flexibility index (Phi) is 8.43. The van der Waals surface area contributed by atoms with Gasteiger partial charge in [0.25, 0.3) is 10.0 Å². The molecule has 1 atom stereocenters. The lowest BCUT2D eigenvalue weighted by Gasteiger charge is -2.20. The first-order chi connectivity index (χ1) is 18.0. The van der Waals surface area contributed by atoms with E-state index >= 15 is 0 Å². The first-order valence-corrected chi connectivity index (χ1v) is 13.9. The smallest absolute Gasteiger partial charge is 0.419 e. The highest BCUT2D eigenvalue weighted by Gasteiger charge is 2.36. The molecule has 12 heteroatoms. The number of hydrogen-bond acceptors (Lipinski definition) is 6. The van der Waals surface area contributed by atoms with Crippen LogP contribution in [0.3, 0.4) is 0 Å². The molecule has 0 amide bonds. The molecule has 0 aromatic heterocycles. The number of halogens is 4. The van der Waals surface area contributed by atoms with Crippen LogP contribution >= 0.6 is 15.9 Å². The molecule has 0 aliphatic carbocycles.